The van der Waals surface area contributed by atoms with Crippen LogP contribution in [0.1, 0.15) is 425 Å². The van der Waals surface area contributed by atoms with Crippen molar-refractivity contribution in [3.63, 3.8) is 0 Å². The van der Waals surface area contributed by atoms with Crippen molar-refractivity contribution in [1.29, 1.82) is 0 Å². The van der Waals surface area contributed by atoms with E-state index in [1.165, 1.54) is 308 Å². The number of hydrogen-bond donors (Lipinski definition) is 12. The van der Waals surface area contributed by atoms with Crippen LogP contribution in [0.4, 0.5) is 0 Å². The quantitative estimate of drug-likeness (QED) is 0.0199. The van der Waals surface area contributed by atoms with E-state index >= 15 is 0 Å². The summed E-state index contributed by atoms with van der Waals surface area (Å²) >= 11 is 0. The number of aliphatic hydroxyl groups excluding tert-OH is 11. The second kappa shape index (κ2) is 78.7. The highest BCUT2D eigenvalue weighted by Crippen LogP contribution is 2.34. The van der Waals surface area contributed by atoms with Crippen LogP contribution in [0.3, 0.4) is 0 Å². The van der Waals surface area contributed by atoms with Gasteiger partial charge in [0, 0.05) is 6.42 Å². The Kier molecular flexibility index (Phi) is 73.0. The molecule has 0 aromatic heterocycles. The third kappa shape index (κ3) is 56.1. The number of rotatable bonds is 82. The molecule has 3 fully saturated rings. The van der Waals surface area contributed by atoms with E-state index in [4.69, 9.17) is 28.4 Å². The SMILES string of the molecule is CC/C=C\C/C=C\C/C=C\C/C=C\C/C=C\C/C=C\CCCCCCCCCCCCCCCCCCCCCCCCC(=O)NC(COC1OC(CO)C(OC2OC(CO)C(OC3OC(CO)C(O)C(O)C3O)C(O)C2O)C(O)C1O)C(O)CCCCCCCCCCCCCCCCCCCCCCCCCCCCCCCCCCC. The molecule has 0 radical (unpaired) electrons. The molecule has 3 heterocycles. The zero-order valence-electron chi connectivity index (χ0n) is 75.6. The summed E-state index contributed by atoms with van der Waals surface area (Å²) in [7, 11) is 0. The van der Waals surface area contributed by atoms with Crippen molar-refractivity contribution in [2.75, 3.05) is 26.4 Å². The van der Waals surface area contributed by atoms with Crippen molar-refractivity contribution in [2.24, 2.45) is 0 Å². The fourth-order valence-corrected chi connectivity index (χ4v) is 16.7. The second-order valence-electron chi connectivity index (χ2n) is 35.2. The van der Waals surface area contributed by atoms with Gasteiger partial charge in [0.15, 0.2) is 18.9 Å². The van der Waals surface area contributed by atoms with Crippen LogP contribution in [0.25, 0.3) is 0 Å². The molecule has 3 aliphatic heterocycles. The van der Waals surface area contributed by atoms with E-state index in [0.29, 0.717) is 12.8 Å². The molecule has 696 valence electrons. The molecule has 0 aromatic rings. The van der Waals surface area contributed by atoms with Crippen molar-refractivity contribution in [3.8, 4) is 0 Å². The zero-order valence-corrected chi connectivity index (χ0v) is 75.6. The van der Waals surface area contributed by atoms with Crippen molar-refractivity contribution in [2.45, 2.75) is 529 Å². The number of aliphatic hydroxyl groups is 11. The molecule has 0 spiro atoms. The van der Waals surface area contributed by atoms with Crippen molar-refractivity contribution in [3.05, 3.63) is 72.9 Å². The minimum absolute atomic E-state index is 0.235. The van der Waals surface area contributed by atoms with Gasteiger partial charge in [-0.15, -0.1) is 0 Å². The van der Waals surface area contributed by atoms with Crippen LogP contribution in [-0.2, 0) is 33.2 Å². The molecule has 3 rings (SSSR count). The average Bonchev–Trinajstić information content (AvgIpc) is 0.778. The van der Waals surface area contributed by atoms with Gasteiger partial charge in [0.2, 0.25) is 5.91 Å². The van der Waals surface area contributed by atoms with Gasteiger partial charge in [-0.1, -0.05) is 427 Å². The number of carbonyl (C=O) groups excluding carboxylic acids is 1. The Morgan fingerprint density at radius 3 is 0.908 bits per heavy atom. The molecular weight excluding hydrogens is 1500 g/mol. The number of nitrogens with one attached hydrogen (secondary N) is 1. The summed E-state index contributed by atoms with van der Waals surface area (Å²) in [6, 6.07) is -0.890. The largest absolute Gasteiger partial charge is 0.394 e. The highest BCUT2D eigenvalue weighted by Gasteiger charge is 2.54. The molecule has 17 atom stereocenters. The summed E-state index contributed by atoms with van der Waals surface area (Å²) in [5, 5.41) is 122. The normalized spacial score (nSPS) is 24.5. The second-order valence-corrected chi connectivity index (χ2v) is 35.2. The maximum Gasteiger partial charge on any atom is 0.220 e. The Labute approximate surface area is 725 Å². The lowest BCUT2D eigenvalue weighted by molar-refractivity contribution is -0.379. The number of ether oxygens (including phenoxy) is 6. The van der Waals surface area contributed by atoms with Gasteiger partial charge in [-0.05, 0) is 64.2 Å². The van der Waals surface area contributed by atoms with Gasteiger partial charge < -0.3 is 89.9 Å². The van der Waals surface area contributed by atoms with Gasteiger partial charge in [0.05, 0.1) is 38.6 Å². The van der Waals surface area contributed by atoms with Crippen molar-refractivity contribution < 1.29 is 89.4 Å². The van der Waals surface area contributed by atoms with Crippen molar-refractivity contribution in [1.82, 2.24) is 5.32 Å². The van der Waals surface area contributed by atoms with Crippen LogP contribution in [-0.4, -0.2) is 193 Å². The van der Waals surface area contributed by atoms with E-state index in [0.717, 1.165) is 83.5 Å². The molecule has 0 bridgehead atoms. The Bertz CT molecular complexity index is 2430. The number of unbranched alkanes of at least 4 members (excludes halogenated alkanes) is 54. The topological polar surface area (TPSA) is 307 Å². The third-order valence-corrected chi connectivity index (χ3v) is 24.5. The lowest BCUT2D eigenvalue weighted by Gasteiger charge is -2.48. The molecular formula is C100H183NO18. The fraction of sp³-hybridized carbons (Fsp3) is 0.870. The molecule has 1 amide bonds. The Morgan fingerprint density at radius 2 is 0.580 bits per heavy atom. The highest BCUT2D eigenvalue weighted by molar-refractivity contribution is 5.76. The van der Waals surface area contributed by atoms with Gasteiger partial charge in [0.1, 0.15) is 73.2 Å². The Balaban J connectivity index is 1.27. The molecule has 0 aromatic carbocycles. The van der Waals surface area contributed by atoms with E-state index in [2.05, 4.69) is 92.1 Å². The van der Waals surface area contributed by atoms with E-state index in [1.807, 2.05) is 0 Å². The first-order valence-electron chi connectivity index (χ1n) is 49.7. The van der Waals surface area contributed by atoms with Crippen LogP contribution in [0, 0.1) is 0 Å². The van der Waals surface area contributed by atoms with Crippen molar-refractivity contribution >= 4 is 5.91 Å². The summed E-state index contributed by atoms with van der Waals surface area (Å²) in [5.74, 6) is -0.235. The highest BCUT2D eigenvalue weighted by atomic mass is 16.8. The Hall–Kier alpha value is -2.77. The maximum atomic E-state index is 13.6. The summed E-state index contributed by atoms with van der Waals surface area (Å²) in [5.41, 5.74) is 0. The van der Waals surface area contributed by atoms with Gasteiger partial charge in [-0.2, -0.15) is 0 Å². The van der Waals surface area contributed by atoms with Gasteiger partial charge >= 0.3 is 0 Å². The van der Waals surface area contributed by atoms with E-state index in [1.54, 1.807) is 0 Å². The van der Waals surface area contributed by atoms with E-state index in [9.17, 15) is 61.0 Å². The van der Waals surface area contributed by atoms with Crippen LogP contribution < -0.4 is 5.32 Å². The van der Waals surface area contributed by atoms with Crippen LogP contribution in [0.15, 0.2) is 72.9 Å². The summed E-state index contributed by atoms with van der Waals surface area (Å²) < 4.78 is 34.7. The summed E-state index contributed by atoms with van der Waals surface area (Å²) in [6.45, 7) is 1.76. The van der Waals surface area contributed by atoms with Gasteiger partial charge in [-0.3, -0.25) is 4.79 Å². The third-order valence-electron chi connectivity index (χ3n) is 24.5. The molecule has 19 heteroatoms. The number of hydrogen-bond acceptors (Lipinski definition) is 18. The first kappa shape index (κ1) is 110. The monoisotopic (exact) mass is 1690 g/mol. The Morgan fingerprint density at radius 1 is 0.311 bits per heavy atom. The molecule has 19 nitrogen and oxygen atoms in total. The lowest BCUT2D eigenvalue weighted by Crippen LogP contribution is -2.66. The minimum atomic E-state index is -1.97. The zero-order chi connectivity index (χ0) is 85.9. The minimum Gasteiger partial charge on any atom is -0.394 e. The number of allylic oxidation sites excluding steroid dienone is 12. The van der Waals surface area contributed by atoms with E-state index in [-0.39, 0.29) is 18.9 Å². The van der Waals surface area contributed by atoms with Crippen LogP contribution >= 0.6 is 0 Å². The first-order valence-corrected chi connectivity index (χ1v) is 49.7. The van der Waals surface area contributed by atoms with E-state index < -0.39 is 124 Å². The predicted octanol–water partition coefficient (Wildman–Crippen LogP) is 20.6. The van der Waals surface area contributed by atoms with Gasteiger partial charge in [0.25, 0.3) is 0 Å². The lowest BCUT2D eigenvalue weighted by atomic mass is 9.96. The number of carbonyl (C=O) groups is 1. The summed E-state index contributed by atoms with van der Waals surface area (Å²) in [6.07, 6.45) is 80.4. The molecule has 3 saturated heterocycles. The smallest absolute Gasteiger partial charge is 0.220 e. The number of amides is 1. The summed E-state index contributed by atoms with van der Waals surface area (Å²) in [4.78, 5) is 13.6. The predicted molar refractivity (Wildman–Crippen MR) is 485 cm³/mol. The standard InChI is InChI=1S/C100H183NO18/c1-3-5-7-9-11-13-15-17-19-21-23-25-27-29-31-33-35-37-38-39-40-41-42-43-44-46-48-50-52-54-56-58-60-62-64-66-68-70-72-74-76-78-88(106)101-83(84(105)77-75-73-71-69-67-65-63-61-59-57-55-53-51-49-47-45-36-34-32-30-28-26-24-22-20-18-16-14-12-10-8-6-4-2)82-114-98-94(112)91(109)96(86(80-103)116-98)119-100-95(113)92(110)97(87(81-104)117-100)118-99-93(111)90(108)89(107)85(79-102)115-99/h5,7,11,13,17,19,23,25,29,31,35,37,83-87,89-100,102-105,107-113H,3-4,6,8-10,12,14-16,18,20-22,24,26-28,30,32-34,36,38-82H2,1-2H3,(H,101,106)/b7-5-,13-11-,19-17-,25-23-,31-29-,37-35-. The first-order chi connectivity index (χ1) is 58.3. The van der Waals surface area contributed by atoms with Gasteiger partial charge in [-0.25, -0.2) is 0 Å². The molecule has 12 N–H and O–H groups in total. The molecule has 119 heavy (non-hydrogen) atoms. The molecule has 0 saturated carbocycles. The molecule has 3 aliphatic rings. The van der Waals surface area contributed by atoms with Crippen LogP contribution in [0.2, 0.25) is 0 Å². The van der Waals surface area contributed by atoms with Crippen LogP contribution in [0.5, 0.6) is 0 Å². The fourth-order valence-electron chi connectivity index (χ4n) is 16.7. The maximum absolute atomic E-state index is 13.6. The average molecular weight is 1690 g/mol. The molecule has 0 aliphatic carbocycles. The molecule has 17 unspecified atom stereocenters.